The molecule has 0 N–H and O–H groups in total. The smallest absolute Gasteiger partial charge is 0.229 e. The number of aryl methyl sites for hydroxylation is 2. The number of likely N-dealkylation sites (tertiary alicyclic amines) is 1. The average Bonchev–Trinajstić information content (AvgIpc) is 3.18. The fourth-order valence-corrected chi connectivity index (χ4v) is 3.55. The van der Waals surface area contributed by atoms with Gasteiger partial charge in [0.15, 0.2) is 5.82 Å². The van der Waals surface area contributed by atoms with Crippen LogP contribution in [0.15, 0.2) is 15.1 Å². The molecule has 118 valence electrons. The second kappa shape index (κ2) is 5.48. The van der Waals surface area contributed by atoms with Gasteiger partial charge in [-0.25, -0.2) is 0 Å². The van der Waals surface area contributed by atoms with Crippen LogP contribution < -0.4 is 0 Å². The molecule has 0 spiro atoms. The Labute approximate surface area is 128 Å². The minimum Gasteiger partial charge on any atom is -0.373 e. The summed E-state index contributed by atoms with van der Waals surface area (Å²) in [6.07, 6.45) is 2.28. The first-order valence-corrected chi connectivity index (χ1v) is 7.75. The van der Waals surface area contributed by atoms with E-state index in [2.05, 4.69) is 20.2 Å². The van der Waals surface area contributed by atoms with Gasteiger partial charge in [-0.3, -0.25) is 4.90 Å². The molecule has 2 aromatic heterocycles. The average molecular weight is 304 g/mol. The fraction of sp³-hybridized carbons (Fsp3) is 0.667. The molecule has 0 amide bonds. The lowest BCUT2D eigenvalue weighted by atomic mass is 10.0. The molecule has 0 aromatic carbocycles. The summed E-state index contributed by atoms with van der Waals surface area (Å²) in [5, 5.41) is 7.89. The summed E-state index contributed by atoms with van der Waals surface area (Å²) >= 11 is 0. The molecule has 22 heavy (non-hydrogen) atoms. The van der Waals surface area contributed by atoms with Crippen LogP contribution in [-0.2, 0) is 17.7 Å². The van der Waals surface area contributed by atoms with Gasteiger partial charge >= 0.3 is 0 Å². The van der Waals surface area contributed by atoms with Crippen molar-refractivity contribution in [3.8, 4) is 0 Å². The van der Waals surface area contributed by atoms with Crippen molar-refractivity contribution in [3.63, 3.8) is 0 Å². The van der Waals surface area contributed by atoms with Gasteiger partial charge in [0.2, 0.25) is 5.89 Å². The van der Waals surface area contributed by atoms with Crippen LogP contribution in [0.5, 0.6) is 0 Å². The number of aromatic nitrogens is 3. The Bertz CT molecular complexity index is 585. The molecule has 0 bridgehead atoms. The molecule has 7 heteroatoms. The molecular weight excluding hydrogens is 284 g/mol. The molecule has 2 saturated heterocycles. The molecule has 7 nitrogen and oxygen atoms in total. The van der Waals surface area contributed by atoms with E-state index in [1.54, 1.807) is 0 Å². The van der Waals surface area contributed by atoms with Crippen molar-refractivity contribution >= 4 is 0 Å². The molecule has 4 heterocycles. The van der Waals surface area contributed by atoms with Crippen LogP contribution in [0, 0.1) is 19.8 Å². The maximum Gasteiger partial charge on any atom is 0.229 e. The third kappa shape index (κ3) is 2.78. The standard InChI is InChI=1S/C15H20N4O3/c1-9-3-12(18-21-9)7-19-6-11-4-13(20-14(11)8-19)5-15-16-10(2)17-22-15/h3,11,13-14H,4-8H2,1-2H3/t11-,13-,14+/m0/s1. The number of nitrogens with zero attached hydrogens (tertiary/aromatic N) is 4. The third-order valence-electron chi connectivity index (χ3n) is 4.42. The summed E-state index contributed by atoms with van der Waals surface area (Å²) in [6.45, 7) is 6.59. The van der Waals surface area contributed by atoms with Gasteiger partial charge in [-0.05, 0) is 20.3 Å². The zero-order valence-corrected chi connectivity index (χ0v) is 12.9. The van der Waals surface area contributed by atoms with E-state index >= 15 is 0 Å². The second-order valence-corrected chi connectivity index (χ2v) is 6.35. The van der Waals surface area contributed by atoms with Gasteiger partial charge in [0.1, 0.15) is 5.76 Å². The Morgan fingerprint density at radius 1 is 1.23 bits per heavy atom. The van der Waals surface area contributed by atoms with Crippen molar-refractivity contribution < 1.29 is 13.8 Å². The van der Waals surface area contributed by atoms with E-state index in [4.69, 9.17) is 13.8 Å². The molecular formula is C15H20N4O3. The van der Waals surface area contributed by atoms with Crippen LogP contribution in [0.4, 0.5) is 0 Å². The summed E-state index contributed by atoms with van der Waals surface area (Å²) in [5.41, 5.74) is 0.996. The Morgan fingerprint density at radius 3 is 2.82 bits per heavy atom. The normalized spacial score (nSPS) is 28.4. The largest absolute Gasteiger partial charge is 0.373 e. The van der Waals surface area contributed by atoms with E-state index in [0.29, 0.717) is 23.7 Å². The van der Waals surface area contributed by atoms with E-state index < -0.39 is 0 Å². The number of fused-ring (bicyclic) bond motifs is 1. The Morgan fingerprint density at radius 2 is 2.14 bits per heavy atom. The maximum atomic E-state index is 6.16. The van der Waals surface area contributed by atoms with Gasteiger partial charge in [-0.1, -0.05) is 10.3 Å². The van der Waals surface area contributed by atoms with Crippen LogP contribution >= 0.6 is 0 Å². The SMILES string of the molecule is Cc1noc(C[C@@H]2C[C@H]3CN(Cc4cc(C)on4)C[C@H]3O2)n1. The summed E-state index contributed by atoms with van der Waals surface area (Å²) in [6, 6.07) is 2.00. The fourth-order valence-electron chi connectivity index (χ4n) is 3.55. The van der Waals surface area contributed by atoms with E-state index in [0.717, 1.165) is 43.9 Å². The van der Waals surface area contributed by atoms with E-state index in [9.17, 15) is 0 Å². The summed E-state index contributed by atoms with van der Waals surface area (Å²) in [4.78, 5) is 6.64. The van der Waals surface area contributed by atoms with Crippen molar-refractivity contribution in [2.75, 3.05) is 13.1 Å². The Kier molecular flexibility index (Phi) is 3.46. The van der Waals surface area contributed by atoms with Crippen molar-refractivity contribution in [1.82, 2.24) is 20.2 Å². The van der Waals surface area contributed by atoms with Gasteiger partial charge in [-0.15, -0.1) is 0 Å². The lowest BCUT2D eigenvalue weighted by Crippen LogP contribution is -2.25. The van der Waals surface area contributed by atoms with Crippen LogP contribution in [0.25, 0.3) is 0 Å². The van der Waals surface area contributed by atoms with Gasteiger partial charge in [0.05, 0.1) is 24.3 Å². The first-order chi connectivity index (χ1) is 10.7. The second-order valence-electron chi connectivity index (χ2n) is 6.35. The highest BCUT2D eigenvalue weighted by Crippen LogP contribution is 2.34. The molecule has 2 aliphatic rings. The van der Waals surface area contributed by atoms with E-state index in [-0.39, 0.29) is 6.10 Å². The summed E-state index contributed by atoms with van der Waals surface area (Å²) in [5.74, 6) is 2.81. The van der Waals surface area contributed by atoms with Crippen LogP contribution in [-0.4, -0.2) is 45.5 Å². The zero-order chi connectivity index (χ0) is 15.1. The number of ether oxygens (including phenoxy) is 1. The predicted molar refractivity (Wildman–Crippen MR) is 76.0 cm³/mol. The topological polar surface area (TPSA) is 77.4 Å². The van der Waals surface area contributed by atoms with Crippen molar-refractivity contribution in [3.05, 3.63) is 29.2 Å². The lowest BCUT2D eigenvalue weighted by Gasteiger charge is -2.17. The predicted octanol–water partition coefficient (Wildman–Crippen LogP) is 1.51. The minimum atomic E-state index is 0.200. The Hall–Kier alpha value is -1.73. The summed E-state index contributed by atoms with van der Waals surface area (Å²) in [7, 11) is 0. The highest BCUT2D eigenvalue weighted by atomic mass is 16.5. The third-order valence-corrected chi connectivity index (χ3v) is 4.42. The van der Waals surface area contributed by atoms with Crippen molar-refractivity contribution in [1.29, 1.82) is 0 Å². The molecule has 0 aliphatic carbocycles. The number of hydrogen-bond acceptors (Lipinski definition) is 7. The number of hydrogen-bond donors (Lipinski definition) is 0. The molecule has 4 rings (SSSR count). The Balaban J connectivity index is 1.30. The summed E-state index contributed by atoms with van der Waals surface area (Å²) < 4.78 is 16.5. The van der Waals surface area contributed by atoms with Crippen molar-refractivity contribution in [2.45, 2.75) is 45.4 Å². The minimum absolute atomic E-state index is 0.200. The molecule has 3 atom stereocenters. The van der Waals surface area contributed by atoms with Crippen LogP contribution in [0.2, 0.25) is 0 Å². The molecule has 0 unspecified atom stereocenters. The number of rotatable bonds is 4. The molecule has 0 saturated carbocycles. The quantitative estimate of drug-likeness (QED) is 0.847. The van der Waals surface area contributed by atoms with Crippen LogP contribution in [0.1, 0.15) is 29.6 Å². The van der Waals surface area contributed by atoms with Crippen LogP contribution in [0.3, 0.4) is 0 Å². The highest BCUT2D eigenvalue weighted by Gasteiger charge is 2.42. The first-order valence-electron chi connectivity index (χ1n) is 7.75. The first kappa shape index (κ1) is 13.9. The molecule has 2 aliphatic heterocycles. The van der Waals surface area contributed by atoms with E-state index in [1.807, 2.05) is 19.9 Å². The monoisotopic (exact) mass is 304 g/mol. The van der Waals surface area contributed by atoms with Crippen molar-refractivity contribution in [2.24, 2.45) is 5.92 Å². The zero-order valence-electron chi connectivity index (χ0n) is 12.9. The van der Waals surface area contributed by atoms with Gasteiger partial charge in [0.25, 0.3) is 0 Å². The maximum absolute atomic E-state index is 6.16. The van der Waals surface area contributed by atoms with E-state index in [1.165, 1.54) is 0 Å². The molecule has 0 radical (unpaired) electrons. The van der Waals surface area contributed by atoms with Gasteiger partial charge in [-0.2, -0.15) is 4.98 Å². The molecule has 2 aromatic rings. The lowest BCUT2D eigenvalue weighted by molar-refractivity contribution is 0.0341. The highest BCUT2D eigenvalue weighted by molar-refractivity contribution is 5.05. The molecule has 2 fully saturated rings. The van der Waals surface area contributed by atoms with Gasteiger partial charge in [0, 0.05) is 31.6 Å². The van der Waals surface area contributed by atoms with Gasteiger partial charge < -0.3 is 13.8 Å².